The van der Waals surface area contributed by atoms with Gasteiger partial charge in [0.25, 0.3) is 0 Å². The Morgan fingerprint density at radius 2 is 2.08 bits per heavy atom. The van der Waals surface area contributed by atoms with Crippen molar-refractivity contribution in [2.75, 3.05) is 13.1 Å². The SMILES string of the molecule is N#Cc1ccc(Br)cc1O[C@@H]1c2ccccc2C[C@H]1N1CCC[C@@H](N)C1. The van der Waals surface area contributed by atoms with Gasteiger partial charge in [0.2, 0.25) is 0 Å². The lowest BCUT2D eigenvalue weighted by Gasteiger charge is -2.38. The molecule has 0 bridgehead atoms. The molecule has 1 aliphatic carbocycles. The number of nitriles is 1. The van der Waals surface area contributed by atoms with Crippen LogP contribution in [0.4, 0.5) is 0 Å². The highest BCUT2D eigenvalue weighted by atomic mass is 79.9. The van der Waals surface area contributed by atoms with Crippen molar-refractivity contribution in [3.8, 4) is 11.8 Å². The van der Waals surface area contributed by atoms with Crippen molar-refractivity contribution in [1.82, 2.24) is 4.90 Å². The molecule has 0 radical (unpaired) electrons. The molecule has 0 saturated carbocycles. The average Bonchev–Trinajstić information content (AvgIpc) is 3.01. The van der Waals surface area contributed by atoms with Crippen LogP contribution in [-0.4, -0.2) is 30.1 Å². The van der Waals surface area contributed by atoms with Crippen LogP contribution < -0.4 is 10.5 Å². The number of likely N-dealkylation sites (tertiary alicyclic amines) is 1. The molecule has 4 rings (SSSR count). The van der Waals surface area contributed by atoms with E-state index in [9.17, 15) is 5.26 Å². The molecule has 2 aliphatic rings. The van der Waals surface area contributed by atoms with Crippen molar-refractivity contribution in [1.29, 1.82) is 5.26 Å². The molecule has 2 aromatic carbocycles. The van der Waals surface area contributed by atoms with E-state index in [2.05, 4.69) is 51.2 Å². The van der Waals surface area contributed by atoms with Crippen LogP contribution in [-0.2, 0) is 6.42 Å². The standard InChI is InChI=1S/C21H22BrN3O/c22-16-8-7-15(12-23)20(11-16)26-21-18-6-2-1-4-14(18)10-19(21)25-9-3-5-17(24)13-25/h1-2,4,6-8,11,17,19,21H,3,5,9-10,13,24H2/t17-,19-,21-/m1/s1. The van der Waals surface area contributed by atoms with Crippen LogP contribution in [0.2, 0.25) is 0 Å². The molecule has 1 aliphatic heterocycles. The molecule has 3 atom stereocenters. The second-order valence-corrected chi connectivity index (χ2v) is 8.07. The zero-order valence-electron chi connectivity index (χ0n) is 14.6. The van der Waals surface area contributed by atoms with Crippen LogP contribution in [0.25, 0.3) is 0 Å². The largest absolute Gasteiger partial charge is 0.483 e. The normalized spacial score (nSPS) is 25.5. The molecule has 26 heavy (non-hydrogen) atoms. The van der Waals surface area contributed by atoms with Gasteiger partial charge in [-0.3, -0.25) is 4.90 Å². The predicted molar refractivity (Wildman–Crippen MR) is 105 cm³/mol. The number of fused-ring (bicyclic) bond motifs is 1. The van der Waals surface area contributed by atoms with Gasteiger partial charge in [-0.25, -0.2) is 0 Å². The molecule has 0 unspecified atom stereocenters. The molecule has 134 valence electrons. The Morgan fingerprint density at radius 3 is 2.88 bits per heavy atom. The summed E-state index contributed by atoms with van der Waals surface area (Å²) in [4.78, 5) is 2.48. The van der Waals surface area contributed by atoms with Crippen LogP contribution in [0.15, 0.2) is 46.9 Å². The van der Waals surface area contributed by atoms with Crippen molar-refractivity contribution < 1.29 is 4.74 Å². The predicted octanol–water partition coefficient (Wildman–Crippen LogP) is 3.79. The topological polar surface area (TPSA) is 62.3 Å². The molecular formula is C21H22BrN3O. The van der Waals surface area contributed by atoms with E-state index in [1.54, 1.807) is 6.07 Å². The fourth-order valence-electron chi connectivity index (χ4n) is 4.16. The third-order valence-electron chi connectivity index (χ3n) is 5.42. The number of nitrogens with two attached hydrogens (primary N) is 1. The van der Waals surface area contributed by atoms with E-state index >= 15 is 0 Å². The molecule has 1 saturated heterocycles. The first-order valence-corrected chi connectivity index (χ1v) is 9.89. The van der Waals surface area contributed by atoms with E-state index < -0.39 is 0 Å². The zero-order valence-corrected chi connectivity index (χ0v) is 16.2. The summed E-state index contributed by atoms with van der Waals surface area (Å²) in [5, 5.41) is 9.46. The van der Waals surface area contributed by atoms with E-state index in [1.165, 1.54) is 11.1 Å². The lowest BCUT2D eigenvalue weighted by molar-refractivity contribution is 0.0591. The third-order valence-corrected chi connectivity index (χ3v) is 5.91. The number of hydrogen-bond acceptors (Lipinski definition) is 4. The second-order valence-electron chi connectivity index (χ2n) is 7.16. The number of ether oxygens (including phenoxy) is 1. The minimum absolute atomic E-state index is 0.0853. The number of nitrogens with zero attached hydrogens (tertiary/aromatic N) is 2. The molecule has 0 spiro atoms. The average molecular weight is 412 g/mol. The molecular weight excluding hydrogens is 390 g/mol. The van der Waals surface area contributed by atoms with Gasteiger partial charge in [-0.15, -0.1) is 0 Å². The van der Waals surface area contributed by atoms with Gasteiger partial charge in [-0.2, -0.15) is 5.26 Å². The summed E-state index contributed by atoms with van der Waals surface area (Å²) in [5.41, 5.74) is 9.34. The molecule has 1 fully saturated rings. The Labute approximate surface area is 162 Å². The number of halogens is 1. The van der Waals surface area contributed by atoms with Crippen molar-refractivity contribution in [2.45, 2.75) is 37.5 Å². The van der Waals surface area contributed by atoms with Crippen LogP contribution in [0.3, 0.4) is 0 Å². The minimum Gasteiger partial charge on any atom is -0.483 e. The molecule has 1 heterocycles. The lowest BCUT2D eigenvalue weighted by atomic mass is 10.0. The Bertz CT molecular complexity index is 847. The number of benzene rings is 2. The molecule has 2 aromatic rings. The van der Waals surface area contributed by atoms with Gasteiger partial charge in [0, 0.05) is 17.1 Å². The Hall–Kier alpha value is -1.87. The zero-order chi connectivity index (χ0) is 18.1. The fraction of sp³-hybridized carbons (Fsp3) is 0.381. The summed E-state index contributed by atoms with van der Waals surface area (Å²) < 4.78 is 7.38. The monoisotopic (exact) mass is 411 g/mol. The Balaban J connectivity index is 1.68. The molecule has 4 nitrogen and oxygen atoms in total. The maximum Gasteiger partial charge on any atom is 0.140 e. The van der Waals surface area contributed by atoms with Gasteiger partial charge in [0.1, 0.15) is 17.9 Å². The van der Waals surface area contributed by atoms with Crippen molar-refractivity contribution >= 4 is 15.9 Å². The third kappa shape index (κ3) is 3.37. The summed E-state index contributed by atoms with van der Waals surface area (Å²) in [6.07, 6.45) is 3.09. The van der Waals surface area contributed by atoms with Gasteiger partial charge in [0.15, 0.2) is 0 Å². The van der Waals surface area contributed by atoms with Crippen molar-refractivity contribution in [2.24, 2.45) is 5.73 Å². The first-order valence-electron chi connectivity index (χ1n) is 9.09. The van der Waals surface area contributed by atoms with Crippen molar-refractivity contribution in [3.63, 3.8) is 0 Å². The van der Waals surface area contributed by atoms with Gasteiger partial charge < -0.3 is 10.5 Å². The number of rotatable bonds is 3. The summed E-state index contributed by atoms with van der Waals surface area (Å²) in [5.74, 6) is 0.634. The molecule has 2 N–H and O–H groups in total. The van der Waals surface area contributed by atoms with Crippen LogP contribution in [0, 0.1) is 11.3 Å². The van der Waals surface area contributed by atoms with E-state index in [0.717, 1.165) is 36.8 Å². The number of piperidine rings is 1. The first-order chi connectivity index (χ1) is 12.7. The van der Waals surface area contributed by atoms with E-state index in [0.29, 0.717) is 11.3 Å². The lowest BCUT2D eigenvalue weighted by Crippen LogP contribution is -2.49. The minimum atomic E-state index is -0.0853. The van der Waals surface area contributed by atoms with Gasteiger partial charge in [-0.05, 0) is 55.1 Å². The number of hydrogen-bond donors (Lipinski definition) is 1. The highest BCUT2D eigenvalue weighted by Gasteiger charge is 2.39. The van der Waals surface area contributed by atoms with E-state index in [-0.39, 0.29) is 18.2 Å². The molecule has 0 aromatic heterocycles. The summed E-state index contributed by atoms with van der Waals surface area (Å²) in [6.45, 7) is 1.96. The molecule has 5 heteroatoms. The van der Waals surface area contributed by atoms with Crippen LogP contribution in [0.5, 0.6) is 5.75 Å². The quantitative estimate of drug-likeness (QED) is 0.834. The van der Waals surface area contributed by atoms with Gasteiger partial charge in [-0.1, -0.05) is 40.2 Å². The van der Waals surface area contributed by atoms with Gasteiger partial charge in [0.05, 0.1) is 11.6 Å². The second kappa shape index (κ2) is 7.40. The Morgan fingerprint density at radius 1 is 1.23 bits per heavy atom. The summed E-state index contributed by atoms with van der Waals surface area (Å²) >= 11 is 3.49. The Kier molecular flexibility index (Phi) is 4.99. The van der Waals surface area contributed by atoms with Crippen molar-refractivity contribution in [3.05, 3.63) is 63.6 Å². The summed E-state index contributed by atoms with van der Waals surface area (Å²) in [7, 11) is 0. The van der Waals surface area contributed by atoms with Crippen LogP contribution >= 0.6 is 15.9 Å². The molecule has 0 amide bonds. The first kappa shape index (κ1) is 17.5. The van der Waals surface area contributed by atoms with Gasteiger partial charge >= 0.3 is 0 Å². The van der Waals surface area contributed by atoms with E-state index in [1.807, 2.05) is 12.1 Å². The maximum absolute atomic E-state index is 9.46. The van der Waals surface area contributed by atoms with Crippen LogP contribution in [0.1, 0.15) is 35.6 Å². The highest BCUT2D eigenvalue weighted by Crippen LogP contribution is 2.40. The maximum atomic E-state index is 9.46. The summed E-state index contributed by atoms with van der Waals surface area (Å²) in [6, 6.07) is 16.8. The highest BCUT2D eigenvalue weighted by molar-refractivity contribution is 9.10. The van der Waals surface area contributed by atoms with E-state index in [4.69, 9.17) is 10.5 Å². The fourth-order valence-corrected chi connectivity index (χ4v) is 4.50. The smallest absolute Gasteiger partial charge is 0.140 e.